The summed E-state index contributed by atoms with van der Waals surface area (Å²) in [4.78, 5) is 41.1. The quantitative estimate of drug-likeness (QED) is 0.324. The van der Waals surface area contributed by atoms with Crippen molar-refractivity contribution in [2.24, 2.45) is 5.92 Å². The lowest BCUT2D eigenvalue weighted by Crippen LogP contribution is -2.35. The average molecular weight is 472 g/mol. The van der Waals surface area contributed by atoms with E-state index in [1.165, 1.54) is 26.3 Å². The van der Waals surface area contributed by atoms with E-state index < -0.39 is 29.7 Å². The molecule has 0 saturated carbocycles. The molecule has 8 heteroatoms. The summed E-state index contributed by atoms with van der Waals surface area (Å²) in [5, 5.41) is 0. The van der Waals surface area contributed by atoms with Gasteiger partial charge in [0.15, 0.2) is 17.2 Å². The number of Topliss-reactive ketones (excluding diaryl/α,β-unsaturated/α-hetero) is 1. The number of carbonyl (C=O) groups is 3. The van der Waals surface area contributed by atoms with Crippen LogP contribution in [0.25, 0.3) is 0 Å². The van der Waals surface area contributed by atoms with Crippen LogP contribution in [0.3, 0.4) is 0 Å². The van der Waals surface area contributed by atoms with Crippen LogP contribution in [0, 0.1) is 12.8 Å². The molecule has 0 N–H and O–H groups in total. The third-order valence-electron chi connectivity index (χ3n) is 5.20. The lowest BCUT2D eigenvalue weighted by atomic mass is 10.0. The number of methoxy groups -OCH3 is 1. The summed E-state index contributed by atoms with van der Waals surface area (Å²) in [5.74, 6) is -1.50. The number of rotatable bonds is 12. The molecule has 0 unspecified atom stereocenters. The number of esters is 2. The van der Waals surface area contributed by atoms with Crippen molar-refractivity contribution in [2.45, 2.75) is 66.1 Å². The Bertz CT molecular complexity index is 987. The lowest BCUT2D eigenvalue weighted by molar-refractivity contribution is -0.157. The molecule has 1 aromatic heterocycles. The van der Waals surface area contributed by atoms with Gasteiger partial charge in [0.25, 0.3) is 0 Å². The van der Waals surface area contributed by atoms with Gasteiger partial charge in [-0.3, -0.25) is 14.4 Å². The largest absolute Gasteiger partial charge is 0.493 e. The molecule has 0 spiro atoms. The maximum Gasteiger partial charge on any atom is 0.309 e. The number of aryl methyl sites for hydroxylation is 1. The average Bonchev–Trinajstić information content (AvgIpc) is 2.79. The Morgan fingerprint density at radius 3 is 2.32 bits per heavy atom. The van der Waals surface area contributed by atoms with Crippen molar-refractivity contribution in [3.8, 4) is 17.2 Å². The Hall–Kier alpha value is -3.42. The Morgan fingerprint density at radius 2 is 1.74 bits per heavy atom. The molecular formula is C26H33NO7. The van der Waals surface area contributed by atoms with Gasteiger partial charge in [0.2, 0.25) is 5.75 Å². The van der Waals surface area contributed by atoms with Crippen molar-refractivity contribution < 1.29 is 33.3 Å². The summed E-state index contributed by atoms with van der Waals surface area (Å²) in [7, 11) is 1.39. The molecule has 3 atom stereocenters. The summed E-state index contributed by atoms with van der Waals surface area (Å²) < 4.78 is 22.0. The number of pyridine rings is 1. The molecule has 0 radical (unpaired) electrons. The predicted octanol–water partition coefficient (Wildman–Crippen LogP) is 4.71. The third-order valence-corrected chi connectivity index (χ3v) is 5.20. The van der Waals surface area contributed by atoms with Crippen molar-refractivity contribution in [3.63, 3.8) is 0 Å². The van der Waals surface area contributed by atoms with Crippen LogP contribution in [0.5, 0.6) is 17.2 Å². The number of hydrogen-bond donors (Lipinski definition) is 0. The first kappa shape index (κ1) is 26.8. The van der Waals surface area contributed by atoms with Gasteiger partial charge in [-0.25, -0.2) is 4.98 Å². The van der Waals surface area contributed by atoms with Gasteiger partial charge in [-0.1, -0.05) is 38.0 Å². The van der Waals surface area contributed by atoms with Crippen molar-refractivity contribution in [1.29, 1.82) is 0 Å². The van der Waals surface area contributed by atoms with E-state index in [1.807, 2.05) is 38.1 Å². The van der Waals surface area contributed by atoms with Gasteiger partial charge in [0.1, 0.15) is 18.0 Å². The fourth-order valence-corrected chi connectivity index (χ4v) is 3.33. The number of carbonyl (C=O) groups excluding carboxylic acids is 3. The van der Waals surface area contributed by atoms with Gasteiger partial charge in [-0.15, -0.1) is 0 Å². The van der Waals surface area contributed by atoms with Gasteiger partial charge in [-0.05, 0) is 32.4 Å². The number of nitrogens with zero attached hydrogens (tertiary/aromatic N) is 1. The molecule has 0 aliphatic rings. The molecule has 1 aromatic carbocycles. The fraction of sp³-hybridized carbons (Fsp3) is 0.462. The molecule has 2 rings (SSSR count). The molecule has 0 aliphatic carbocycles. The molecule has 0 fully saturated rings. The Labute approximate surface area is 200 Å². The zero-order chi connectivity index (χ0) is 25.3. The summed E-state index contributed by atoms with van der Waals surface area (Å²) in [6, 6.07) is 9.17. The molecule has 0 bridgehead atoms. The SMILES string of the molecule is CCC[C@@H](Oc1ccc(C)cc1)[C@H](C)OC(=O)[C@H](C)CC(=O)c1nccc(OC)c1OC(C)=O. The highest BCUT2D eigenvalue weighted by molar-refractivity contribution is 5.99. The summed E-state index contributed by atoms with van der Waals surface area (Å²) >= 11 is 0. The van der Waals surface area contributed by atoms with Crippen LogP contribution in [0.2, 0.25) is 0 Å². The highest BCUT2D eigenvalue weighted by atomic mass is 16.6. The van der Waals surface area contributed by atoms with Gasteiger partial charge in [0.05, 0.1) is 13.0 Å². The third kappa shape index (κ3) is 7.57. The maximum absolute atomic E-state index is 12.9. The van der Waals surface area contributed by atoms with Crippen LogP contribution in [-0.4, -0.2) is 42.0 Å². The summed E-state index contributed by atoms with van der Waals surface area (Å²) in [5.41, 5.74) is 1.05. The minimum Gasteiger partial charge on any atom is -0.493 e. The van der Waals surface area contributed by atoms with E-state index in [1.54, 1.807) is 13.8 Å². The number of hydrogen-bond acceptors (Lipinski definition) is 8. The monoisotopic (exact) mass is 471 g/mol. The van der Waals surface area contributed by atoms with E-state index in [0.29, 0.717) is 12.2 Å². The Balaban J connectivity index is 2.06. The van der Waals surface area contributed by atoms with Gasteiger partial charge >= 0.3 is 11.9 Å². The minimum absolute atomic E-state index is 0.0639. The molecule has 34 heavy (non-hydrogen) atoms. The summed E-state index contributed by atoms with van der Waals surface area (Å²) in [6.07, 6.45) is 1.93. The Kier molecular flexibility index (Phi) is 10.0. The highest BCUT2D eigenvalue weighted by Gasteiger charge is 2.28. The van der Waals surface area contributed by atoms with Gasteiger partial charge < -0.3 is 18.9 Å². The van der Waals surface area contributed by atoms with Crippen LogP contribution in [0.1, 0.15) is 63.0 Å². The van der Waals surface area contributed by atoms with Crippen LogP contribution < -0.4 is 14.2 Å². The van der Waals surface area contributed by atoms with Crippen molar-refractivity contribution in [2.75, 3.05) is 7.11 Å². The molecule has 184 valence electrons. The van der Waals surface area contributed by atoms with Crippen LogP contribution in [0.4, 0.5) is 0 Å². The van der Waals surface area contributed by atoms with Crippen LogP contribution >= 0.6 is 0 Å². The molecule has 1 heterocycles. The van der Waals surface area contributed by atoms with Crippen molar-refractivity contribution >= 4 is 17.7 Å². The van der Waals surface area contributed by atoms with E-state index in [2.05, 4.69) is 4.98 Å². The standard InChI is InChI=1S/C26H33NO7/c1-7-8-22(34-20-11-9-16(2)10-12-20)18(4)32-26(30)17(3)15-21(29)24-25(33-19(5)28)23(31-6)13-14-27-24/h9-14,17-18,22H,7-8,15H2,1-6H3/t17-,18+,22-/m1/s1. The minimum atomic E-state index is -0.741. The van der Waals surface area contributed by atoms with E-state index in [4.69, 9.17) is 18.9 Å². The van der Waals surface area contributed by atoms with Gasteiger partial charge in [0, 0.05) is 25.6 Å². The zero-order valence-electron chi connectivity index (χ0n) is 20.6. The number of benzene rings is 1. The lowest BCUT2D eigenvalue weighted by Gasteiger charge is -2.26. The smallest absolute Gasteiger partial charge is 0.309 e. The van der Waals surface area contributed by atoms with Crippen LogP contribution in [0.15, 0.2) is 36.5 Å². The molecule has 0 saturated heterocycles. The molecule has 0 aliphatic heterocycles. The number of aromatic nitrogens is 1. The first-order valence-corrected chi connectivity index (χ1v) is 11.3. The van der Waals surface area contributed by atoms with Crippen molar-refractivity contribution in [1.82, 2.24) is 4.98 Å². The van der Waals surface area contributed by atoms with Gasteiger partial charge in [-0.2, -0.15) is 0 Å². The first-order valence-electron chi connectivity index (χ1n) is 11.3. The molecule has 0 amide bonds. The first-order chi connectivity index (χ1) is 16.2. The second-order valence-electron chi connectivity index (χ2n) is 8.21. The predicted molar refractivity (Wildman–Crippen MR) is 126 cm³/mol. The van der Waals surface area contributed by atoms with Crippen molar-refractivity contribution in [3.05, 3.63) is 47.8 Å². The normalized spacial score (nSPS) is 13.4. The zero-order valence-corrected chi connectivity index (χ0v) is 20.6. The number of ketones is 1. The van der Waals surface area contributed by atoms with E-state index in [-0.39, 0.29) is 29.7 Å². The van der Waals surface area contributed by atoms with E-state index >= 15 is 0 Å². The van der Waals surface area contributed by atoms with E-state index in [9.17, 15) is 14.4 Å². The maximum atomic E-state index is 12.9. The molecule has 8 nitrogen and oxygen atoms in total. The summed E-state index contributed by atoms with van der Waals surface area (Å²) in [6.45, 7) is 8.63. The highest BCUT2D eigenvalue weighted by Crippen LogP contribution is 2.31. The second kappa shape index (κ2) is 12.7. The van der Waals surface area contributed by atoms with Crippen LogP contribution in [-0.2, 0) is 14.3 Å². The Morgan fingerprint density at radius 1 is 1.06 bits per heavy atom. The van der Waals surface area contributed by atoms with E-state index in [0.717, 1.165) is 12.0 Å². The molecular weight excluding hydrogens is 438 g/mol. The fourth-order valence-electron chi connectivity index (χ4n) is 3.33. The molecule has 2 aromatic rings. The topological polar surface area (TPSA) is 101 Å². The number of ether oxygens (including phenoxy) is 4. The second-order valence-corrected chi connectivity index (χ2v) is 8.21.